The summed E-state index contributed by atoms with van der Waals surface area (Å²) in [4.78, 5) is 0. The lowest BCUT2D eigenvalue weighted by Gasteiger charge is -2.26. The molecule has 3 atom stereocenters. The van der Waals surface area contributed by atoms with Crippen LogP contribution in [-0.4, -0.2) is 6.54 Å². The molecule has 0 spiro atoms. The average Bonchev–Trinajstić information content (AvgIpc) is 2.30. The lowest BCUT2D eigenvalue weighted by molar-refractivity contribution is 0.252. The van der Waals surface area contributed by atoms with Gasteiger partial charge in [0.1, 0.15) is 0 Å². The van der Waals surface area contributed by atoms with Crippen molar-refractivity contribution in [1.82, 2.24) is 0 Å². The minimum absolute atomic E-state index is 0.859. The zero-order chi connectivity index (χ0) is 12.4. The van der Waals surface area contributed by atoms with Gasteiger partial charge in [0.2, 0.25) is 0 Å². The minimum atomic E-state index is 0.859. The van der Waals surface area contributed by atoms with Crippen molar-refractivity contribution < 1.29 is 0 Å². The Balaban J connectivity index is 4.05. The minimum Gasteiger partial charge on any atom is -0.330 e. The fourth-order valence-corrected chi connectivity index (χ4v) is 2.46. The van der Waals surface area contributed by atoms with Crippen LogP contribution in [0.5, 0.6) is 0 Å². The molecule has 1 heteroatoms. The predicted molar refractivity (Wildman–Crippen MR) is 74.5 cm³/mol. The molecule has 98 valence electrons. The van der Waals surface area contributed by atoms with Crippen molar-refractivity contribution in [2.75, 3.05) is 6.54 Å². The first-order valence-electron chi connectivity index (χ1n) is 7.35. The summed E-state index contributed by atoms with van der Waals surface area (Å²) in [5, 5.41) is 0. The second kappa shape index (κ2) is 10.1. The van der Waals surface area contributed by atoms with Crippen LogP contribution in [0.15, 0.2) is 0 Å². The van der Waals surface area contributed by atoms with Crippen molar-refractivity contribution in [3.05, 3.63) is 0 Å². The molecule has 0 aliphatic heterocycles. The van der Waals surface area contributed by atoms with Gasteiger partial charge < -0.3 is 5.73 Å². The molecule has 0 bridgehead atoms. The summed E-state index contributed by atoms with van der Waals surface area (Å²) in [6.45, 7) is 10.3. The van der Waals surface area contributed by atoms with Crippen LogP contribution in [0.25, 0.3) is 0 Å². The first-order chi connectivity index (χ1) is 7.65. The summed E-state index contributed by atoms with van der Waals surface area (Å²) >= 11 is 0. The maximum Gasteiger partial charge on any atom is -0.00772 e. The summed E-state index contributed by atoms with van der Waals surface area (Å²) in [5.41, 5.74) is 5.64. The van der Waals surface area contributed by atoms with Crippen LogP contribution in [0.4, 0.5) is 0 Å². The number of nitrogens with two attached hydrogens (primary N) is 1. The highest BCUT2D eigenvalue weighted by atomic mass is 14.5. The van der Waals surface area contributed by atoms with Gasteiger partial charge in [0.15, 0.2) is 0 Å². The molecule has 0 aliphatic rings. The Morgan fingerprint density at radius 2 is 1.69 bits per heavy atom. The Kier molecular flexibility index (Phi) is 10.1. The van der Waals surface area contributed by atoms with Crippen LogP contribution in [0.1, 0.15) is 72.6 Å². The van der Waals surface area contributed by atoms with Crippen LogP contribution < -0.4 is 5.73 Å². The highest BCUT2D eigenvalue weighted by Gasteiger charge is 2.18. The van der Waals surface area contributed by atoms with Crippen LogP contribution in [0.2, 0.25) is 0 Å². The van der Waals surface area contributed by atoms with E-state index in [-0.39, 0.29) is 0 Å². The van der Waals surface area contributed by atoms with Crippen LogP contribution >= 0.6 is 0 Å². The van der Waals surface area contributed by atoms with Crippen molar-refractivity contribution in [2.45, 2.75) is 72.6 Å². The Labute approximate surface area is 103 Å². The van der Waals surface area contributed by atoms with Gasteiger partial charge in [-0.25, -0.2) is 0 Å². The quantitative estimate of drug-likeness (QED) is 0.580. The molecule has 0 saturated heterocycles. The predicted octanol–water partition coefficient (Wildman–Crippen LogP) is 4.60. The van der Waals surface area contributed by atoms with Gasteiger partial charge in [0.05, 0.1) is 0 Å². The lowest BCUT2D eigenvalue weighted by atomic mass is 9.80. The van der Waals surface area contributed by atoms with E-state index in [1.807, 2.05) is 0 Å². The van der Waals surface area contributed by atoms with Gasteiger partial charge in [-0.1, -0.05) is 53.4 Å². The molecule has 0 aromatic carbocycles. The van der Waals surface area contributed by atoms with Crippen molar-refractivity contribution in [3.8, 4) is 0 Å². The number of rotatable bonds is 10. The van der Waals surface area contributed by atoms with E-state index in [0.717, 1.165) is 24.3 Å². The zero-order valence-corrected chi connectivity index (χ0v) is 12.0. The molecule has 1 nitrogen and oxygen atoms in total. The third-order valence-corrected chi connectivity index (χ3v) is 4.00. The smallest absolute Gasteiger partial charge is 0.00772 e. The maximum absolute atomic E-state index is 5.64. The fraction of sp³-hybridized carbons (Fsp3) is 1.00. The summed E-state index contributed by atoms with van der Waals surface area (Å²) in [5.74, 6) is 2.68. The van der Waals surface area contributed by atoms with Gasteiger partial charge in [-0.05, 0) is 43.6 Å². The van der Waals surface area contributed by atoms with Crippen LogP contribution in [0, 0.1) is 17.8 Å². The standard InChI is InChI=1S/C15H33N/c1-5-7-9-14(4)15(10-8-11-16)12-13(3)6-2/h13-15H,5-12,16H2,1-4H3. The molecule has 16 heavy (non-hydrogen) atoms. The van der Waals surface area contributed by atoms with Crippen molar-refractivity contribution in [1.29, 1.82) is 0 Å². The first-order valence-corrected chi connectivity index (χ1v) is 7.35. The van der Waals surface area contributed by atoms with Crippen LogP contribution in [0.3, 0.4) is 0 Å². The molecule has 0 heterocycles. The zero-order valence-electron chi connectivity index (χ0n) is 12.0. The van der Waals surface area contributed by atoms with E-state index < -0.39 is 0 Å². The summed E-state index contributed by atoms with van der Waals surface area (Å²) in [6.07, 6.45) is 9.39. The largest absolute Gasteiger partial charge is 0.330 e. The van der Waals surface area contributed by atoms with Gasteiger partial charge in [0, 0.05) is 0 Å². The average molecular weight is 227 g/mol. The Morgan fingerprint density at radius 1 is 1.00 bits per heavy atom. The van der Waals surface area contributed by atoms with Gasteiger partial charge in [-0.15, -0.1) is 0 Å². The van der Waals surface area contributed by atoms with E-state index in [4.69, 9.17) is 5.73 Å². The van der Waals surface area contributed by atoms with E-state index in [1.54, 1.807) is 0 Å². The second-order valence-corrected chi connectivity index (χ2v) is 5.56. The molecule has 3 unspecified atom stereocenters. The molecular weight excluding hydrogens is 194 g/mol. The van der Waals surface area contributed by atoms with Gasteiger partial charge in [0.25, 0.3) is 0 Å². The van der Waals surface area contributed by atoms with E-state index in [9.17, 15) is 0 Å². The number of hydrogen-bond donors (Lipinski definition) is 1. The van der Waals surface area contributed by atoms with Gasteiger partial charge >= 0.3 is 0 Å². The first kappa shape index (κ1) is 16.0. The SMILES string of the molecule is CCCCC(C)C(CCCN)CC(C)CC. The van der Waals surface area contributed by atoms with Crippen molar-refractivity contribution in [3.63, 3.8) is 0 Å². The Bertz CT molecular complexity index is 144. The molecule has 0 saturated carbocycles. The Morgan fingerprint density at radius 3 is 2.19 bits per heavy atom. The molecule has 0 amide bonds. The molecular formula is C15H33N. The third-order valence-electron chi connectivity index (χ3n) is 4.00. The molecule has 0 fully saturated rings. The van der Waals surface area contributed by atoms with Crippen molar-refractivity contribution in [2.24, 2.45) is 23.5 Å². The highest BCUT2D eigenvalue weighted by molar-refractivity contribution is 4.70. The highest BCUT2D eigenvalue weighted by Crippen LogP contribution is 2.29. The van der Waals surface area contributed by atoms with Gasteiger partial charge in [-0.3, -0.25) is 0 Å². The maximum atomic E-state index is 5.64. The van der Waals surface area contributed by atoms with Crippen LogP contribution in [-0.2, 0) is 0 Å². The number of unbranched alkanes of at least 4 members (excludes halogenated alkanes) is 1. The fourth-order valence-electron chi connectivity index (χ4n) is 2.46. The summed E-state index contributed by atoms with van der Waals surface area (Å²) in [6, 6.07) is 0. The molecule has 0 aromatic rings. The molecule has 2 N–H and O–H groups in total. The topological polar surface area (TPSA) is 26.0 Å². The van der Waals surface area contributed by atoms with E-state index in [1.165, 1.54) is 44.9 Å². The molecule has 0 aliphatic carbocycles. The Hall–Kier alpha value is -0.0400. The van der Waals surface area contributed by atoms with E-state index in [0.29, 0.717) is 0 Å². The molecule has 0 rings (SSSR count). The molecule has 0 radical (unpaired) electrons. The lowest BCUT2D eigenvalue weighted by Crippen LogP contribution is -2.16. The second-order valence-electron chi connectivity index (χ2n) is 5.56. The number of hydrogen-bond acceptors (Lipinski definition) is 1. The van der Waals surface area contributed by atoms with E-state index >= 15 is 0 Å². The third kappa shape index (κ3) is 7.27. The monoisotopic (exact) mass is 227 g/mol. The normalized spacial score (nSPS) is 17.1. The summed E-state index contributed by atoms with van der Waals surface area (Å²) < 4.78 is 0. The van der Waals surface area contributed by atoms with E-state index in [2.05, 4.69) is 27.7 Å². The van der Waals surface area contributed by atoms with Crippen molar-refractivity contribution >= 4 is 0 Å². The molecule has 0 aromatic heterocycles. The summed E-state index contributed by atoms with van der Waals surface area (Å²) in [7, 11) is 0. The van der Waals surface area contributed by atoms with Gasteiger partial charge in [-0.2, -0.15) is 0 Å².